The number of thioether (sulfide) groups is 2. The summed E-state index contributed by atoms with van der Waals surface area (Å²) >= 11 is 9.86. The standard InChI is InChI=1S/C17H16ClNO2S2/c18-13-6-2-3-7-14(13)19-16(20)11-21-15-8-4-1-5-12(15)17-22-9-10-23-17/h1-8,17H,9-11H2,(H,19,20). The molecule has 2 aromatic carbocycles. The van der Waals surface area contributed by atoms with Gasteiger partial charge in [0.05, 0.1) is 15.3 Å². The van der Waals surface area contributed by atoms with Crippen molar-refractivity contribution in [1.82, 2.24) is 0 Å². The van der Waals surface area contributed by atoms with Gasteiger partial charge in [0.2, 0.25) is 0 Å². The molecule has 23 heavy (non-hydrogen) atoms. The predicted octanol–water partition coefficient (Wildman–Crippen LogP) is 4.84. The van der Waals surface area contributed by atoms with Crippen molar-refractivity contribution in [3.8, 4) is 5.75 Å². The molecule has 2 aromatic rings. The van der Waals surface area contributed by atoms with E-state index in [0.717, 1.165) is 22.8 Å². The van der Waals surface area contributed by atoms with E-state index >= 15 is 0 Å². The number of nitrogens with one attached hydrogen (secondary N) is 1. The van der Waals surface area contributed by atoms with E-state index in [1.165, 1.54) is 0 Å². The van der Waals surface area contributed by atoms with Crippen molar-refractivity contribution in [3.63, 3.8) is 0 Å². The van der Waals surface area contributed by atoms with Crippen molar-refractivity contribution in [2.75, 3.05) is 23.4 Å². The number of hydrogen-bond donors (Lipinski definition) is 1. The summed E-state index contributed by atoms with van der Waals surface area (Å²) in [6.07, 6.45) is 0. The van der Waals surface area contributed by atoms with E-state index in [0.29, 0.717) is 15.3 Å². The molecule has 0 spiro atoms. The molecule has 1 saturated heterocycles. The molecule has 0 radical (unpaired) electrons. The van der Waals surface area contributed by atoms with Crippen molar-refractivity contribution in [2.45, 2.75) is 4.58 Å². The molecule has 120 valence electrons. The van der Waals surface area contributed by atoms with Gasteiger partial charge in [-0.1, -0.05) is 41.9 Å². The van der Waals surface area contributed by atoms with Gasteiger partial charge in [0, 0.05) is 17.1 Å². The molecule has 0 aromatic heterocycles. The van der Waals surface area contributed by atoms with Crippen LogP contribution in [-0.4, -0.2) is 24.0 Å². The van der Waals surface area contributed by atoms with Crippen LogP contribution in [-0.2, 0) is 4.79 Å². The van der Waals surface area contributed by atoms with Gasteiger partial charge < -0.3 is 10.1 Å². The minimum Gasteiger partial charge on any atom is -0.483 e. The first-order valence-electron chi connectivity index (χ1n) is 7.23. The number of hydrogen-bond acceptors (Lipinski definition) is 4. The third-order valence-corrected chi connectivity index (χ3v) is 6.70. The highest BCUT2D eigenvalue weighted by molar-refractivity contribution is 8.19. The molecule has 1 N–H and O–H groups in total. The summed E-state index contributed by atoms with van der Waals surface area (Å²) < 4.78 is 6.13. The Bertz CT molecular complexity index is 690. The maximum atomic E-state index is 12.1. The monoisotopic (exact) mass is 365 g/mol. The quantitative estimate of drug-likeness (QED) is 0.823. The molecule has 0 atom stereocenters. The van der Waals surface area contributed by atoms with Crippen LogP contribution in [0.4, 0.5) is 5.69 Å². The molecule has 1 aliphatic heterocycles. The first-order chi connectivity index (χ1) is 11.2. The average molecular weight is 366 g/mol. The first-order valence-corrected chi connectivity index (χ1v) is 9.71. The molecule has 0 saturated carbocycles. The SMILES string of the molecule is O=C(COc1ccccc1C1SCCS1)Nc1ccccc1Cl. The van der Waals surface area contributed by atoms with E-state index in [4.69, 9.17) is 16.3 Å². The molecule has 3 nitrogen and oxygen atoms in total. The second kappa shape index (κ2) is 7.99. The number of benzene rings is 2. The minimum atomic E-state index is -0.223. The van der Waals surface area contributed by atoms with Crippen molar-refractivity contribution in [2.24, 2.45) is 0 Å². The molecule has 1 fully saturated rings. The van der Waals surface area contributed by atoms with Crippen LogP contribution >= 0.6 is 35.1 Å². The Morgan fingerprint density at radius 1 is 1.13 bits per heavy atom. The zero-order chi connectivity index (χ0) is 16.1. The summed E-state index contributed by atoms with van der Waals surface area (Å²) in [5.41, 5.74) is 1.74. The van der Waals surface area contributed by atoms with Gasteiger partial charge in [-0.25, -0.2) is 0 Å². The van der Waals surface area contributed by atoms with Gasteiger partial charge in [-0.15, -0.1) is 23.5 Å². The number of amides is 1. The van der Waals surface area contributed by atoms with E-state index in [1.807, 2.05) is 53.9 Å². The maximum absolute atomic E-state index is 12.1. The molecule has 1 aliphatic rings. The lowest BCUT2D eigenvalue weighted by atomic mass is 10.2. The largest absolute Gasteiger partial charge is 0.483 e. The van der Waals surface area contributed by atoms with Crippen molar-refractivity contribution < 1.29 is 9.53 Å². The number of para-hydroxylation sites is 2. The van der Waals surface area contributed by atoms with Gasteiger partial charge in [0.15, 0.2) is 6.61 Å². The fourth-order valence-corrected chi connectivity index (χ4v) is 5.33. The number of anilines is 1. The molecular weight excluding hydrogens is 350 g/mol. The second-order valence-corrected chi connectivity index (χ2v) is 8.06. The van der Waals surface area contributed by atoms with Gasteiger partial charge in [0.25, 0.3) is 5.91 Å². The van der Waals surface area contributed by atoms with E-state index in [-0.39, 0.29) is 12.5 Å². The first kappa shape index (κ1) is 16.6. The number of carbonyl (C=O) groups excluding carboxylic acids is 1. The molecular formula is C17H16ClNO2S2. The summed E-state index contributed by atoms with van der Waals surface area (Å²) in [6.45, 7) is -0.0374. The van der Waals surface area contributed by atoms with Gasteiger partial charge in [-0.2, -0.15) is 0 Å². The molecule has 1 heterocycles. The lowest BCUT2D eigenvalue weighted by Gasteiger charge is -2.15. The van der Waals surface area contributed by atoms with Gasteiger partial charge >= 0.3 is 0 Å². The van der Waals surface area contributed by atoms with Gasteiger partial charge in [0.1, 0.15) is 5.75 Å². The highest BCUT2D eigenvalue weighted by atomic mass is 35.5. The summed E-state index contributed by atoms with van der Waals surface area (Å²) in [6, 6.07) is 15.1. The van der Waals surface area contributed by atoms with Crippen molar-refractivity contribution in [3.05, 3.63) is 59.1 Å². The van der Waals surface area contributed by atoms with Gasteiger partial charge in [-0.05, 0) is 18.2 Å². The van der Waals surface area contributed by atoms with Crippen molar-refractivity contribution in [1.29, 1.82) is 0 Å². The second-order valence-electron chi connectivity index (χ2n) is 4.93. The van der Waals surface area contributed by atoms with Crippen LogP contribution in [0.25, 0.3) is 0 Å². The Kier molecular flexibility index (Phi) is 5.75. The normalized spacial score (nSPS) is 14.7. The summed E-state index contributed by atoms with van der Waals surface area (Å²) in [5.74, 6) is 2.85. The summed E-state index contributed by atoms with van der Waals surface area (Å²) in [4.78, 5) is 12.1. The molecule has 6 heteroatoms. The molecule has 0 bridgehead atoms. The zero-order valence-corrected chi connectivity index (χ0v) is 14.7. The maximum Gasteiger partial charge on any atom is 0.262 e. The average Bonchev–Trinajstić information content (AvgIpc) is 3.10. The third-order valence-electron chi connectivity index (χ3n) is 3.30. The van der Waals surface area contributed by atoms with Crippen LogP contribution < -0.4 is 10.1 Å². The zero-order valence-electron chi connectivity index (χ0n) is 12.3. The molecule has 3 rings (SSSR count). The highest BCUT2D eigenvalue weighted by Gasteiger charge is 2.21. The summed E-state index contributed by atoms with van der Waals surface area (Å²) in [7, 11) is 0. The third kappa shape index (κ3) is 4.37. The molecule has 0 aliphatic carbocycles. The minimum absolute atomic E-state index is 0.0374. The van der Waals surface area contributed by atoms with Crippen molar-refractivity contribution >= 4 is 46.7 Å². The Hall–Kier alpha value is -1.30. The Balaban J connectivity index is 1.62. The van der Waals surface area contributed by atoms with Crippen LogP contribution in [0.15, 0.2) is 48.5 Å². The van der Waals surface area contributed by atoms with Crippen LogP contribution in [0.1, 0.15) is 10.1 Å². The fourth-order valence-electron chi connectivity index (χ4n) is 2.24. The molecule has 1 amide bonds. The number of halogens is 1. The fraction of sp³-hybridized carbons (Fsp3) is 0.235. The molecule has 0 unspecified atom stereocenters. The number of ether oxygens (including phenoxy) is 1. The number of rotatable bonds is 5. The van der Waals surface area contributed by atoms with Gasteiger partial charge in [-0.3, -0.25) is 4.79 Å². The Labute approximate surface area is 149 Å². The summed E-state index contributed by atoms with van der Waals surface area (Å²) in [5, 5.41) is 3.28. The van der Waals surface area contributed by atoms with Crippen LogP contribution in [0.3, 0.4) is 0 Å². The van der Waals surface area contributed by atoms with E-state index in [2.05, 4.69) is 11.4 Å². The van der Waals surface area contributed by atoms with E-state index in [1.54, 1.807) is 12.1 Å². The topological polar surface area (TPSA) is 38.3 Å². The highest BCUT2D eigenvalue weighted by Crippen LogP contribution is 2.48. The lowest BCUT2D eigenvalue weighted by molar-refractivity contribution is -0.118. The lowest BCUT2D eigenvalue weighted by Crippen LogP contribution is -2.20. The predicted molar refractivity (Wildman–Crippen MR) is 99.7 cm³/mol. The Morgan fingerprint density at radius 3 is 2.61 bits per heavy atom. The smallest absolute Gasteiger partial charge is 0.262 e. The van der Waals surface area contributed by atoms with Crippen LogP contribution in [0.2, 0.25) is 5.02 Å². The number of carbonyl (C=O) groups is 1. The Morgan fingerprint density at radius 2 is 1.83 bits per heavy atom. The van der Waals surface area contributed by atoms with E-state index in [9.17, 15) is 4.79 Å². The van der Waals surface area contributed by atoms with Crippen LogP contribution in [0, 0.1) is 0 Å². The van der Waals surface area contributed by atoms with Crippen LogP contribution in [0.5, 0.6) is 5.75 Å². The van der Waals surface area contributed by atoms with E-state index < -0.39 is 0 Å².